The maximum Gasteiger partial charge on any atom is 0.116 e. The molecule has 4 heteroatoms. The summed E-state index contributed by atoms with van der Waals surface area (Å²) in [5, 5.41) is 2.73. The molecule has 0 radical (unpaired) electrons. The van der Waals surface area contributed by atoms with Crippen LogP contribution in [0.25, 0.3) is 12.2 Å². The SMILES string of the molecule is C=C=N/C1=C(\C=C/C)C/C=c2/ncnc/c2=C/C(=C)S1. The van der Waals surface area contributed by atoms with Crippen LogP contribution in [-0.4, -0.2) is 15.8 Å². The van der Waals surface area contributed by atoms with E-state index in [0.717, 1.165) is 32.5 Å². The highest BCUT2D eigenvalue weighted by molar-refractivity contribution is 8.07. The normalized spacial score (nSPS) is 22.4. The van der Waals surface area contributed by atoms with Crippen molar-refractivity contribution in [2.75, 3.05) is 0 Å². The molecule has 100 valence electrons. The van der Waals surface area contributed by atoms with Crippen LogP contribution in [0.2, 0.25) is 0 Å². The van der Waals surface area contributed by atoms with E-state index in [2.05, 4.69) is 40.1 Å². The molecule has 0 N–H and O–H groups in total. The van der Waals surface area contributed by atoms with E-state index < -0.39 is 0 Å². The summed E-state index contributed by atoms with van der Waals surface area (Å²) >= 11 is 1.50. The van der Waals surface area contributed by atoms with Crippen molar-refractivity contribution >= 4 is 29.8 Å². The lowest BCUT2D eigenvalue weighted by Gasteiger charge is -2.04. The van der Waals surface area contributed by atoms with Gasteiger partial charge in [-0.15, -0.1) is 0 Å². The minimum atomic E-state index is 0.739. The summed E-state index contributed by atoms with van der Waals surface area (Å²) in [6.07, 6.45) is 12.2. The first kappa shape index (κ1) is 14.3. The molecule has 1 aromatic heterocycles. The van der Waals surface area contributed by atoms with Crippen molar-refractivity contribution in [3.8, 4) is 0 Å². The molecule has 1 aromatic rings. The van der Waals surface area contributed by atoms with Crippen LogP contribution in [0.3, 0.4) is 0 Å². The second-order valence-electron chi connectivity index (χ2n) is 4.08. The highest BCUT2D eigenvalue weighted by atomic mass is 32.2. The third-order valence-corrected chi connectivity index (χ3v) is 3.58. The average Bonchev–Trinajstić information content (AvgIpc) is 2.49. The molecule has 20 heavy (non-hydrogen) atoms. The molecule has 0 saturated carbocycles. The van der Waals surface area contributed by atoms with E-state index >= 15 is 0 Å². The van der Waals surface area contributed by atoms with Crippen molar-refractivity contribution < 1.29 is 0 Å². The first-order valence-corrected chi connectivity index (χ1v) is 6.99. The number of thioether (sulfide) groups is 1. The zero-order chi connectivity index (χ0) is 14.4. The summed E-state index contributed by atoms with van der Waals surface area (Å²) < 4.78 is 0. The monoisotopic (exact) mass is 281 g/mol. The van der Waals surface area contributed by atoms with Crippen molar-refractivity contribution in [3.63, 3.8) is 0 Å². The predicted octanol–water partition coefficient (Wildman–Crippen LogP) is 2.33. The molecule has 0 spiro atoms. The Morgan fingerprint density at radius 1 is 1.50 bits per heavy atom. The molecular weight excluding hydrogens is 266 g/mol. The maximum absolute atomic E-state index is 4.31. The van der Waals surface area contributed by atoms with Crippen LogP contribution in [-0.2, 0) is 0 Å². The predicted molar refractivity (Wildman–Crippen MR) is 86.5 cm³/mol. The van der Waals surface area contributed by atoms with Crippen molar-refractivity contribution in [3.05, 3.63) is 63.9 Å². The van der Waals surface area contributed by atoms with Gasteiger partial charge in [0, 0.05) is 16.3 Å². The molecule has 2 rings (SSSR count). The molecule has 2 heterocycles. The molecule has 0 unspecified atom stereocenters. The Morgan fingerprint density at radius 3 is 3.10 bits per heavy atom. The van der Waals surface area contributed by atoms with E-state index in [9.17, 15) is 0 Å². The lowest BCUT2D eigenvalue weighted by molar-refractivity contribution is 1.09. The molecule has 0 aromatic carbocycles. The van der Waals surface area contributed by atoms with Gasteiger partial charge < -0.3 is 0 Å². The van der Waals surface area contributed by atoms with E-state index in [1.165, 1.54) is 11.8 Å². The number of allylic oxidation sites excluding steroid dienone is 4. The van der Waals surface area contributed by atoms with Crippen molar-refractivity contribution in [2.45, 2.75) is 13.3 Å². The number of hydrogen-bond donors (Lipinski definition) is 0. The van der Waals surface area contributed by atoms with Crippen LogP contribution >= 0.6 is 11.8 Å². The van der Waals surface area contributed by atoms with Gasteiger partial charge in [0.15, 0.2) is 0 Å². The van der Waals surface area contributed by atoms with Crippen LogP contribution in [0.4, 0.5) is 0 Å². The first-order chi connectivity index (χ1) is 9.74. The zero-order valence-electron chi connectivity index (χ0n) is 11.3. The van der Waals surface area contributed by atoms with Gasteiger partial charge >= 0.3 is 0 Å². The Kier molecular flexibility index (Phi) is 4.88. The van der Waals surface area contributed by atoms with E-state index in [1.807, 2.05) is 25.2 Å². The number of nitrogens with zero attached hydrogens (tertiary/aromatic N) is 3. The van der Waals surface area contributed by atoms with Gasteiger partial charge in [0.05, 0.1) is 5.35 Å². The minimum absolute atomic E-state index is 0.739. The number of aromatic nitrogens is 2. The van der Waals surface area contributed by atoms with Crippen molar-refractivity contribution in [1.82, 2.24) is 9.97 Å². The zero-order valence-corrected chi connectivity index (χ0v) is 12.2. The maximum atomic E-state index is 4.31. The smallest absolute Gasteiger partial charge is 0.116 e. The Morgan fingerprint density at radius 2 is 2.35 bits per heavy atom. The molecule has 0 amide bonds. The molecule has 0 aliphatic carbocycles. The number of aliphatic imine (C=N–C) groups is 1. The van der Waals surface area contributed by atoms with Crippen molar-refractivity contribution in [1.29, 1.82) is 0 Å². The van der Waals surface area contributed by atoms with E-state index in [-0.39, 0.29) is 0 Å². The van der Waals surface area contributed by atoms with Gasteiger partial charge in [-0.1, -0.05) is 36.6 Å². The van der Waals surface area contributed by atoms with Crippen LogP contribution in [0.1, 0.15) is 13.3 Å². The third-order valence-electron chi connectivity index (χ3n) is 2.66. The van der Waals surface area contributed by atoms with Crippen LogP contribution in [0, 0.1) is 0 Å². The quantitative estimate of drug-likeness (QED) is 0.781. The molecule has 0 bridgehead atoms. The average molecular weight is 281 g/mol. The highest BCUT2D eigenvalue weighted by Crippen LogP contribution is 2.30. The Balaban J connectivity index is 2.64. The molecule has 1 aliphatic heterocycles. The van der Waals surface area contributed by atoms with Gasteiger partial charge in [-0.2, -0.15) is 4.99 Å². The van der Waals surface area contributed by atoms with Gasteiger partial charge in [0.1, 0.15) is 11.4 Å². The van der Waals surface area contributed by atoms with Crippen molar-refractivity contribution in [2.24, 2.45) is 4.99 Å². The molecule has 1 aliphatic rings. The summed E-state index contributed by atoms with van der Waals surface area (Å²) in [6.45, 7) is 9.59. The third kappa shape index (κ3) is 3.44. The number of fused-ring (bicyclic) bond motifs is 1. The highest BCUT2D eigenvalue weighted by Gasteiger charge is 2.07. The molecule has 0 atom stereocenters. The molecule has 3 nitrogen and oxygen atoms in total. The summed E-state index contributed by atoms with van der Waals surface area (Å²) in [7, 11) is 0. The summed E-state index contributed by atoms with van der Waals surface area (Å²) in [6, 6.07) is 0. The van der Waals surface area contributed by atoms with Gasteiger partial charge in [0.25, 0.3) is 0 Å². The second kappa shape index (κ2) is 6.85. The molecular formula is C16H15N3S. The molecule has 0 saturated heterocycles. The largest absolute Gasteiger partial charge is 0.244 e. The van der Waals surface area contributed by atoms with Crippen LogP contribution in [0.5, 0.6) is 0 Å². The first-order valence-electron chi connectivity index (χ1n) is 6.18. The minimum Gasteiger partial charge on any atom is -0.244 e. The van der Waals surface area contributed by atoms with E-state index in [4.69, 9.17) is 0 Å². The second-order valence-corrected chi connectivity index (χ2v) is 5.20. The standard InChI is InChI=1S/C16H15N3S/c1-4-6-13-7-8-15-14(10-17-11-19-15)9-12(3)20-16(13)18-5-2/h4,6,8-11H,2-3,7H2,1H3/b6-4-,14-9-,15-8+,16-13-. The fraction of sp³-hybridized carbons (Fsp3) is 0.125. The topological polar surface area (TPSA) is 38.1 Å². The van der Waals surface area contributed by atoms with Gasteiger partial charge in [-0.25, -0.2) is 9.97 Å². The Labute approximate surface area is 122 Å². The fourth-order valence-electron chi connectivity index (χ4n) is 1.83. The van der Waals surface area contributed by atoms with Gasteiger partial charge in [-0.3, -0.25) is 0 Å². The van der Waals surface area contributed by atoms with Crippen LogP contribution < -0.4 is 10.6 Å². The lowest BCUT2D eigenvalue weighted by atomic mass is 10.1. The van der Waals surface area contributed by atoms with E-state index in [1.54, 1.807) is 12.5 Å². The van der Waals surface area contributed by atoms with Gasteiger partial charge in [0.2, 0.25) is 0 Å². The Hall–Kier alpha value is -2.16. The van der Waals surface area contributed by atoms with Crippen LogP contribution in [0.15, 0.2) is 58.3 Å². The summed E-state index contributed by atoms with van der Waals surface area (Å²) in [5.74, 6) is 2.60. The number of rotatable bonds is 2. The van der Waals surface area contributed by atoms with Gasteiger partial charge in [-0.05, 0) is 37.4 Å². The van der Waals surface area contributed by atoms with E-state index in [0.29, 0.717) is 0 Å². The number of hydrogen-bond acceptors (Lipinski definition) is 4. The fourth-order valence-corrected chi connectivity index (χ4v) is 2.65. The summed E-state index contributed by atoms with van der Waals surface area (Å²) in [4.78, 5) is 13.5. The summed E-state index contributed by atoms with van der Waals surface area (Å²) in [5.41, 5.74) is 1.09. The molecule has 0 fully saturated rings. The Bertz CT molecular complexity index is 750. The lowest BCUT2D eigenvalue weighted by Crippen LogP contribution is -2.28.